The number of benzene rings is 8. The first kappa shape index (κ1) is 39.5. The minimum Gasteiger partial charge on any atom is -0.478 e. The van der Waals surface area contributed by atoms with Crippen molar-refractivity contribution in [2.45, 2.75) is 5.41 Å². The highest BCUT2D eigenvalue weighted by atomic mass is 16.4. The van der Waals surface area contributed by atoms with Crippen LogP contribution in [0.1, 0.15) is 63.7 Å². The van der Waals surface area contributed by atoms with Crippen LogP contribution < -0.4 is 0 Å². The Morgan fingerprint density at radius 3 is 0.492 bits per heavy atom. The minimum absolute atomic E-state index is 0.197. The molecule has 0 spiro atoms. The number of hydrogen-bond donors (Lipinski definition) is 4. The summed E-state index contributed by atoms with van der Waals surface area (Å²) in [7, 11) is 0. The van der Waals surface area contributed by atoms with E-state index < -0.39 is 29.3 Å². The summed E-state index contributed by atoms with van der Waals surface area (Å²) < 4.78 is 0. The van der Waals surface area contributed by atoms with E-state index in [1.807, 2.05) is 48.5 Å². The van der Waals surface area contributed by atoms with Gasteiger partial charge in [-0.05, 0) is 115 Å². The van der Waals surface area contributed by atoms with Gasteiger partial charge in [-0.1, -0.05) is 146 Å². The molecular weight excluding hydrogens is 765 g/mol. The Balaban J connectivity index is 1.31. The summed E-state index contributed by atoms with van der Waals surface area (Å²) in [5.74, 6) is -3.99. The van der Waals surface area contributed by atoms with Crippen LogP contribution in [0.4, 0.5) is 0 Å². The predicted octanol–water partition coefficient (Wildman–Crippen LogP) is 11.5. The zero-order chi connectivity index (χ0) is 42.7. The van der Waals surface area contributed by atoms with Crippen LogP contribution in [0.5, 0.6) is 0 Å². The van der Waals surface area contributed by atoms with Crippen molar-refractivity contribution in [2.75, 3.05) is 0 Å². The Bertz CT molecular complexity index is 2470. The Morgan fingerprint density at radius 1 is 0.230 bits per heavy atom. The van der Waals surface area contributed by atoms with E-state index in [1.165, 1.54) is 0 Å². The van der Waals surface area contributed by atoms with Gasteiger partial charge in [0, 0.05) is 0 Å². The molecule has 0 amide bonds. The molecule has 0 fully saturated rings. The third-order valence-corrected chi connectivity index (χ3v) is 11.1. The molecule has 0 aliphatic heterocycles. The second-order valence-electron chi connectivity index (χ2n) is 14.6. The van der Waals surface area contributed by atoms with E-state index in [-0.39, 0.29) is 22.3 Å². The van der Waals surface area contributed by atoms with E-state index in [0.29, 0.717) is 0 Å². The number of aromatic carboxylic acids is 4. The Morgan fingerprint density at radius 2 is 0.361 bits per heavy atom. The molecule has 0 unspecified atom stereocenters. The summed E-state index contributed by atoms with van der Waals surface area (Å²) in [4.78, 5) is 46.2. The van der Waals surface area contributed by atoms with Crippen LogP contribution >= 0.6 is 0 Å². The summed E-state index contributed by atoms with van der Waals surface area (Å²) in [5.41, 5.74) is 10.6. The van der Waals surface area contributed by atoms with Crippen LogP contribution in [0.2, 0.25) is 0 Å². The lowest BCUT2D eigenvalue weighted by molar-refractivity contribution is 0.0686. The molecule has 0 bridgehead atoms. The number of carboxylic acids is 4. The molecule has 0 aromatic heterocycles. The molecule has 0 saturated heterocycles. The zero-order valence-electron chi connectivity index (χ0n) is 32.4. The number of carboxylic acid groups (broad SMARTS) is 4. The fourth-order valence-corrected chi connectivity index (χ4v) is 7.87. The predicted molar refractivity (Wildman–Crippen MR) is 234 cm³/mol. The van der Waals surface area contributed by atoms with E-state index in [4.69, 9.17) is 0 Å². The molecule has 4 N–H and O–H groups in total. The fraction of sp³-hybridized carbons (Fsp3) is 0.0189. The summed E-state index contributed by atoms with van der Waals surface area (Å²) in [6.45, 7) is 0. The minimum atomic E-state index is -0.999. The van der Waals surface area contributed by atoms with Crippen LogP contribution in [-0.2, 0) is 5.41 Å². The molecule has 8 heteroatoms. The molecule has 0 aliphatic carbocycles. The van der Waals surface area contributed by atoms with Crippen molar-refractivity contribution in [2.24, 2.45) is 0 Å². The number of carbonyl (C=O) groups is 4. The van der Waals surface area contributed by atoms with Gasteiger partial charge in [0.25, 0.3) is 0 Å². The normalized spacial score (nSPS) is 11.1. The SMILES string of the molecule is O=C(O)c1ccc(-c2ccc(C(c3ccc(-c4ccc(C(=O)O)cc4)cc3)(c3ccc(-c4ccc(C(=O)O)cc4)cc3)c3ccc(-c4ccc(C(=O)O)cc4)cc3)cc2)cc1. The third-order valence-electron chi connectivity index (χ3n) is 11.1. The average Bonchev–Trinajstić information content (AvgIpc) is 3.30. The first-order valence-corrected chi connectivity index (χ1v) is 19.3. The second kappa shape index (κ2) is 16.5. The van der Waals surface area contributed by atoms with Crippen molar-refractivity contribution in [1.82, 2.24) is 0 Å². The van der Waals surface area contributed by atoms with E-state index >= 15 is 0 Å². The van der Waals surface area contributed by atoms with Crippen LogP contribution in [-0.4, -0.2) is 44.3 Å². The first-order chi connectivity index (χ1) is 29.5. The number of rotatable bonds is 12. The molecule has 296 valence electrons. The van der Waals surface area contributed by atoms with Crippen molar-refractivity contribution in [3.63, 3.8) is 0 Å². The maximum absolute atomic E-state index is 11.6. The van der Waals surface area contributed by atoms with Crippen molar-refractivity contribution in [3.8, 4) is 44.5 Å². The monoisotopic (exact) mass is 800 g/mol. The van der Waals surface area contributed by atoms with E-state index in [2.05, 4.69) is 48.5 Å². The molecule has 8 nitrogen and oxygen atoms in total. The molecule has 8 aromatic rings. The average molecular weight is 801 g/mol. The molecule has 0 atom stereocenters. The lowest BCUT2D eigenvalue weighted by Gasteiger charge is -2.37. The fourth-order valence-electron chi connectivity index (χ4n) is 7.87. The summed E-state index contributed by atoms with van der Waals surface area (Å²) in [6.07, 6.45) is 0. The highest BCUT2D eigenvalue weighted by molar-refractivity contribution is 5.90. The maximum atomic E-state index is 11.6. The highest BCUT2D eigenvalue weighted by Gasteiger charge is 2.38. The third kappa shape index (κ3) is 7.81. The maximum Gasteiger partial charge on any atom is 0.335 e. The van der Waals surface area contributed by atoms with Gasteiger partial charge in [-0.25, -0.2) is 19.2 Å². The molecule has 0 saturated carbocycles. The summed E-state index contributed by atoms with van der Waals surface area (Å²) >= 11 is 0. The smallest absolute Gasteiger partial charge is 0.335 e. The second-order valence-corrected chi connectivity index (χ2v) is 14.6. The van der Waals surface area contributed by atoms with E-state index in [0.717, 1.165) is 66.8 Å². The van der Waals surface area contributed by atoms with Gasteiger partial charge in [-0.3, -0.25) is 0 Å². The van der Waals surface area contributed by atoms with Crippen LogP contribution in [0, 0.1) is 0 Å². The van der Waals surface area contributed by atoms with Gasteiger partial charge in [-0.2, -0.15) is 0 Å². The molecule has 61 heavy (non-hydrogen) atoms. The molecule has 8 aromatic carbocycles. The molecule has 0 heterocycles. The standard InChI is InChI=1S/C53H36O8/c54-49(55)41-9-1-33(2-10-41)37-17-25-45(26-18-37)53(46-27-19-38(20-28-46)34-3-11-42(12-4-34)50(56)57,47-29-21-39(22-30-47)35-5-13-43(14-6-35)51(58)59)48-31-23-40(24-32-48)36-7-15-44(16-8-36)52(60)61/h1-32H,(H,54,55)(H,56,57)(H,58,59)(H,60,61). The Kier molecular flexibility index (Phi) is 10.7. The van der Waals surface area contributed by atoms with Gasteiger partial charge in [-0.15, -0.1) is 0 Å². The topological polar surface area (TPSA) is 149 Å². The molecule has 0 aliphatic rings. The van der Waals surface area contributed by atoms with Gasteiger partial charge in [0.05, 0.1) is 27.7 Å². The van der Waals surface area contributed by atoms with Crippen LogP contribution in [0.3, 0.4) is 0 Å². The van der Waals surface area contributed by atoms with Gasteiger partial charge < -0.3 is 20.4 Å². The zero-order valence-corrected chi connectivity index (χ0v) is 32.4. The van der Waals surface area contributed by atoms with E-state index in [9.17, 15) is 39.6 Å². The largest absolute Gasteiger partial charge is 0.478 e. The van der Waals surface area contributed by atoms with Crippen LogP contribution in [0.15, 0.2) is 194 Å². The van der Waals surface area contributed by atoms with Crippen LogP contribution in [0.25, 0.3) is 44.5 Å². The van der Waals surface area contributed by atoms with Crippen molar-refractivity contribution < 1.29 is 39.6 Å². The molecule has 0 radical (unpaired) electrons. The lowest BCUT2D eigenvalue weighted by atomic mass is 9.64. The van der Waals surface area contributed by atoms with Crippen molar-refractivity contribution in [3.05, 3.63) is 239 Å². The first-order valence-electron chi connectivity index (χ1n) is 19.3. The molecular formula is C53H36O8. The summed E-state index contributed by atoms with van der Waals surface area (Å²) in [5, 5.41) is 37.9. The molecule has 8 rings (SSSR count). The lowest BCUT2D eigenvalue weighted by Crippen LogP contribution is -2.31. The van der Waals surface area contributed by atoms with Crippen molar-refractivity contribution >= 4 is 23.9 Å². The van der Waals surface area contributed by atoms with Crippen molar-refractivity contribution in [1.29, 1.82) is 0 Å². The van der Waals surface area contributed by atoms with Gasteiger partial charge in [0.1, 0.15) is 0 Å². The quantitative estimate of drug-likeness (QED) is 0.0892. The van der Waals surface area contributed by atoms with Gasteiger partial charge >= 0.3 is 23.9 Å². The highest BCUT2D eigenvalue weighted by Crippen LogP contribution is 2.47. The summed E-state index contributed by atoms with van der Waals surface area (Å²) in [6, 6.07) is 59.8. The van der Waals surface area contributed by atoms with Gasteiger partial charge in [0.2, 0.25) is 0 Å². The van der Waals surface area contributed by atoms with E-state index in [1.54, 1.807) is 97.1 Å². The Hall–Kier alpha value is -8.36. The Labute approximate surface area is 350 Å². The number of hydrogen-bond acceptors (Lipinski definition) is 4. The van der Waals surface area contributed by atoms with Gasteiger partial charge in [0.15, 0.2) is 0 Å².